The van der Waals surface area contributed by atoms with E-state index in [1.165, 1.54) is 16.8 Å². The number of nitrogens with zero attached hydrogens (tertiary/aromatic N) is 3. The van der Waals surface area contributed by atoms with E-state index in [9.17, 15) is 26.4 Å². The van der Waals surface area contributed by atoms with Crippen molar-refractivity contribution in [2.45, 2.75) is 17.9 Å². The maximum atomic E-state index is 13.0. The van der Waals surface area contributed by atoms with Gasteiger partial charge in [-0.2, -0.15) is 13.2 Å². The van der Waals surface area contributed by atoms with Gasteiger partial charge in [0.05, 0.1) is 5.69 Å². The molecule has 2 aromatic rings. The van der Waals surface area contributed by atoms with Crippen LogP contribution in [-0.4, -0.2) is 35.8 Å². The molecule has 0 bridgehead atoms. The zero-order chi connectivity index (χ0) is 18.1. The first-order valence-electron chi connectivity index (χ1n) is 6.59. The van der Waals surface area contributed by atoms with E-state index in [2.05, 4.69) is 9.97 Å². The molecule has 11 heteroatoms. The first-order chi connectivity index (χ1) is 11.0. The van der Waals surface area contributed by atoms with Gasteiger partial charge in [0.15, 0.2) is 0 Å². The van der Waals surface area contributed by atoms with Crippen molar-refractivity contribution in [3.05, 3.63) is 40.4 Å². The van der Waals surface area contributed by atoms with Gasteiger partial charge >= 0.3 is 6.18 Å². The van der Waals surface area contributed by atoms with E-state index in [1.807, 2.05) is 0 Å². The van der Waals surface area contributed by atoms with Crippen LogP contribution in [0.3, 0.4) is 0 Å². The van der Waals surface area contributed by atoms with Crippen LogP contribution in [0.15, 0.2) is 34.3 Å². The van der Waals surface area contributed by atoms with Crippen molar-refractivity contribution in [1.82, 2.24) is 14.5 Å². The zero-order valence-corrected chi connectivity index (χ0v) is 13.2. The quantitative estimate of drug-likeness (QED) is 0.802. The highest BCUT2D eigenvalue weighted by atomic mass is 32.2. The van der Waals surface area contributed by atoms with Gasteiger partial charge < -0.3 is 10.3 Å². The van der Waals surface area contributed by atoms with E-state index in [0.29, 0.717) is 12.3 Å². The Labute approximate surface area is 134 Å². The lowest BCUT2D eigenvalue weighted by molar-refractivity contribution is -0.141. The summed E-state index contributed by atoms with van der Waals surface area (Å²) in [6.07, 6.45) is -2.87. The van der Waals surface area contributed by atoms with Gasteiger partial charge in [0.2, 0.25) is 15.0 Å². The number of alkyl halides is 3. The minimum atomic E-state index is -4.84. The molecule has 2 rings (SSSR count). The normalized spacial score (nSPS) is 12.4. The molecule has 2 N–H and O–H groups in total. The van der Waals surface area contributed by atoms with Crippen molar-refractivity contribution >= 4 is 9.84 Å². The van der Waals surface area contributed by atoms with Crippen molar-refractivity contribution in [2.24, 2.45) is 5.73 Å². The molecule has 0 radical (unpaired) electrons. The minimum Gasteiger partial charge on any atom is -0.329 e. The largest absolute Gasteiger partial charge is 0.433 e. The van der Waals surface area contributed by atoms with E-state index >= 15 is 0 Å². The second-order valence-corrected chi connectivity index (χ2v) is 6.84. The van der Waals surface area contributed by atoms with Gasteiger partial charge in [0, 0.05) is 37.2 Å². The summed E-state index contributed by atoms with van der Waals surface area (Å²) in [6, 6.07) is 3.02. The van der Waals surface area contributed by atoms with Gasteiger partial charge in [-0.3, -0.25) is 4.79 Å². The first kappa shape index (κ1) is 18.1. The summed E-state index contributed by atoms with van der Waals surface area (Å²) in [4.78, 5) is 18.4. The molecule has 130 valence electrons. The number of rotatable bonds is 4. The van der Waals surface area contributed by atoms with Crippen LogP contribution in [0.5, 0.6) is 0 Å². The molecule has 0 spiro atoms. The molecule has 7 nitrogen and oxygen atoms in total. The van der Waals surface area contributed by atoms with Gasteiger partial charge in [-0.25, -0.2) is 18.4 Å². The third kappa shape index (κ3) is 3.97. The van der Waals surface area contributed by atoms with E-state index in [-0.39, 0.29) is 24.3 Å². The van der Waals surface area contributed by atoms with Crippen LogP contribution in [0, 0.1) is 0 Å². The third-order valence-electron chi connectivity index (χ3n) is 2.98. The van der Waals surface area contributed by atoms with Crippen LogP contribution in [0.2, 0.25) is 0 Å². The molecule has 2 aromatic heterocycles. The maximum absolute atomic E-state index is 13.0. The minimum absolute atomic E-state index is 0.140. The Bertz CT molecular complexity index is 923. The fraction of sp³-hybridized carbons (Fsp3) is 0.308. The molecule has 0 aliphatic carbocycles. The second kappa shape index (κ2) is 6.32. The van der Waals surface area contributed by atoms with Gasteiger partial charge in [-0.1, -0.05) is 0 Å². The summed E-state index contributed by atoms with van der Waals surface area (Å²) in [5.41, 5.74) is 3.47. The van der Waals surface area contributed by atoms with E-state index in [4.69, 9.17) is 5.73 Å². The lowest BCUT2D eigenvalue weighted by Crippen LogP contribution is -2.23. The molecule has 0 aliphatic heterocycles. The summed E-state index contributed by atoms with van der Waals surface area (Å²) < 4.78 is 63.2. The molecular weight excluding hydrogens is 349 g/mol. The molecule has 24 heavy (non-hydrogen) atoms. The standard InChI is InChI=1S/C13H13F3N4O3S/c1-24(22,23)12-18-9(6-10(19-12)13(14,15)16)8-2-3-11(21)20(7-8)5-4-17/h2-3,6-7H,4-5,17H2,1H3. The monoisotopic (exact) mass is 362 g/mol. The number of hydrogen-bond acceptors (Lipinski definition) is 6. The highest BCUT2D eigenvalue weighted by Gasteiger charge is 2.34. The number of aromatic nitrogens is 3. The molecule has 0 saturated carbocycles. The predicted octanol–water partition coefficient (Wildman–Crippen LogP) is 0.686. The van der Waals surface area contributed by atoms with Crippen molar-refractivity contribution in [3.63, 3.8) is 0 Å². The van der Waals surface area contributed by atoms with Gasteiger partial charge in [0.1, 0.15) is 5.69 Å². The van der Waals surface area contributed by atoms with E-state index in [0.717, 1.165) is 6.07 Å². The molecule has 0 saturated heterocycles. The molecule has 2 heterocycles. The van der Waals surface area contributed by atoms with Crippen molar-refractivity contribution in [1.29, 1.82) is 0 Å². The Kier molecular flexibility index (Phi) is 4.76. The second-order valence-electron chi connectivity index (χ2n) is 4.93. The van der Waals surface area contributed by atoms with Crippen molar-refractivity contribution < 1.29 is 21.6 Å². The van der Waals surface area contributed by atoms with Crippen LogP contribution >= 0.6 is 0 Å². The average Bonchev–Trinajstić information content (AvgIpc) is 2.47. The maximum Gasteiger partial charge on any atom is 0.433 e. The van der Waals surface area contributed by atoms with Gasteiger partial charge in [-0.15, -0.1) is 0 Å². The highest BCUT2D eigenvalue weighted by molar-refractivity contribution is 7.90. The van der Waals surface area contributed by atoms with Gasteiger partial charge in [0.25, 0.3) is 5.56 Å². The summed E-state index contributed by atoms with van der Waals surface area (Å²) in [5.74, 6) is 0. The van der Waals surface area contributed by atoms with Crippen LogP contribution in [0.1, 0.15) is 5.69 Å². The average molecular weight is 362 g/mol. The molecular formula is C13H13F3N4O3S. The molecule has 0 fully saturated rings. The number of sulfone groups is 1. The molecule has 0 atom stereocenters. The SMILES string of the molecule is CS(=O)(=O)c1nc(-c2ccc(=O)n(CCN)c2)cc(C(F)(F)F)n1. The predicted molar refractivity (Wildman–Crippen MR) is 78.9 cm³/mol. The Morgan fingerprint density at radius 2 is 1.92 bits per heavy atom. The van der Waals surface area contributed by atoms with Crippen molar-refractivity contribution in [3.8, 4) is 11.3 Å². The van der Waals surface area contributed by atoms with E-state index in [1.54, 1.807) is 0 Å². The number of pyridine rings is 1. The topological polar surface area (TPSA) is 108 Å². The summed E-state index contributed by atoms with van der Waals surface area (Å²) in [5, 5.41) is -0.941. The Morgan fingerprint density at radius 3 is 2.46 bits per heavy atom. The first-order valence-corrected chi connectivity index (χ1v) is 8.49. The molecule has 0 aromatic carbocycles. The zero-order valence-electron chi connectivity index (χ0n) is 12.4. The van der Waals surface area contributed by atoms with Crippen LogP contribution in [0.4, 0.5) is 13.2 Å². The Balaban J connectivity index is 2.70. The fourth-order valence-corrected chi connectivity index (χ4v) is 2.41. The van der Waals surface area contributed by atoms with Gasteiger partial charge in [-0.05, 0) is 12.1 Å². The fourth-order valence-electron chi connectivity index (χ4n) is 1.88. The summed E-state index contributed by atoms with van der Waals surface area (Å²) >= 11 is 0. The lowest BCUT2D eigenvalue weighted by atomic mass is 10.2. The third-order valence-corrected chi connectivity index (χ3v) is 3.82. The molecule has 0 unspecified atom stereocenters. The van der Waals surface area contributed by atoms with Crippen LogP contribution in [-0.2, 0) is 22.6 Å². The van der Waals surface area contributed by atoms with E-state index < -0.39 is 32.4 Å². The number of halogens is 3. The molecule has 0 amide bonds. The number of hydrogen-bond donors (Lipinski definition) is 1. The Morgan fingerprint density at radius 1 is 1.25 bits per heavy atom. The van der Waals surface area contributed by atoms with Crippen LogP contribution < -0.4 is 11.3 Å². The van der Waals surface area contributed by atoms with Crippen LogP contribution in [0.25, 0.3) is 11.3 Å². The highest BCUT2D eigenvalue weighted by Crippen LogP contribution is 2.30. The molecule has 0 aliphatic rings. The Hall–Kier alpha value is -2.27. The summed E-state index contributed by atoms with van der Waals surface area (Å²) in [6.45, 7) is 0.304. The smallest absolute Gasteiger partial charge is 0.329 e. The lowest BCUT2D eigenvalue weighted by Gasteiger charge is -2.11. The number of nitrogens with two attached hydrogens (primary N) is 1. The van der Waals surface area contributed by atoms with Crippen molar-refractivity contribution in [2.75, 3.05) is 12.8 Å². The summed E-state index contributed by atoms with van der Waals surface area (Å²) in [7, 11) is -4.06.